The van der Waals surface area contributed by atoms with Crippen molar-refractivity contribution in [2.45, 2.75) is 51.1 Å². The Labute approximate surface area is 231 Å². The Bertz CT molecular complexity index is 1330. The van der Waals surface area contributed by atoms with Crippen molar-refractivity contribution in [1.82, 2.24) is 10.2 Å². The fourth-order valence-corrected chi connectivity index (χ4v) is 5.61. The van der Waals surface area contributed by atoms with Gasteiger partial charge in [0.15, 0.2) is 0 Å². The molecule has 2 amide bonds. The summed E-state index contributed by atoms with van der Waals surface area (Å²) in [6, 6.07) is 21.4. The average molecular weight is 552 g/mol. The van der Waals surface area contributed by atoms with E-state index >= 15 is 0 Å². The van der Waals surface area contributed by atoms with Crippen LogP contribution >= 0.6 is 0 Å². The zero-order valence-corrected chi connectivity index (χ0v) is 23.8. The van der Waals surface area contributed by atoms with Gasteiger partial charge in [0.1, 0.15) is 18.3 Å². The predicted molar refractivity (Wildman–Crippen MR) is 153 cm³/mol. The number of sulfonamides is 1. The summed E-state index contributed by atoms with van der Waals surface area (Å²) in [5.74, 6) is -0.187. The van der Waals surface area contributed by atoms with Gasteiger partial charge >= 0.3 is 0 Å². The number of nitrogens with one attached hydrogen (secondary N) is 1. The number of carbonyl (C=O) groups excluding carboxylic acids is 2. The predicted octanol–water partition coefficient (Wildman–Crippen LogP) is 4.53. The number of hydrogen-bond donors (Lipinski definition) is 1. The molecule has 0 aromatic heterocycles. The number of carbonyl (C=O) groups is 2. The summed E-state index contributed by atoms with van der Waals surface area (Å²) < 4.78 is 33.9. The summed E-state index contributed by atoms with van der Waals surface area (Å²) >= 11 is 0. The van der Waals surface area contributed by atoms with E-state index in [1.54, 1.807) is 42.5 Å². The fraction of sp³-hybridized carbons (Fsp3) is 0.333. The Balaban J connectivity index is 2.03. The first kappa shape index (κ1) is 29.7. The standard InChI is InChI=1S/C30H37N3O5S/c1-5-20-31-30(35)28(6-2)32(21-24-14-12-23(3)13-15-24)29(34)22-33(25-16-18-26(38-4)19-17-25)39(36,37)27-10-8-7-9-11-27/h7-19,28H,5-6,20-22H2,1-4H3,(H,31,35). The van der Waals surface area contributed by atoms with E-state index in [0.717, 1.165) is 21.9 Å². The molecule has 8 nitrogen and oxygen atoms in total. The highest BCUT2D eigenvalue weighted by Gasteiger charge is 2.33. The maximum atomic E-state index is 14.0. The van der Waals surface area contributed by atoms with E-state index in [2.05, 4.69) is 5.32 Å². The van der Waals surface area contributed by atoms with Gasteiger partial charge in [-0.3, -0.25) is 13.9 Å². The van der Waals surface area contributed by atoms with Crippen LogP contribution in [0.25, 0.3) is 0 Å². The molecule has 0 spiro atoms. The highest BCUT2D eigenvalue weighted by Crippen LogP contribution is 2.26. The van der Waals surface area contributed by atoms with Crippen LogP contribution in [0, 0.1) is 6.92 Å². The van der Waals surface area contributed by atoms with Crippen LogP contribution in [0.1, 0.15) is 37.8 Å². The van der Waals surface area contributed by atoms with Gasteiger partial charge < -0.3 is 15.0 Å². The number of hydrogen-bond acceptors (Lipinski definition) is 5. The second kappa shape index (κ2) is 13.8. The van der Waals surface area contributed by atoms with Crippen LogP contribution in [0.4, 0.5) is 5.69 Å². The Morgan fingerprint density at radius 1 is 0.923 bits per heavy atom. The minimum atomic E-state index is -4.10. The largest absolute Gasteiger partial charge is 0.497 e. The molecule has 0 fully saturated rings. The summed E-state index contributed by atoms with van der Waals surface area (Å²) in [6.45, 7) is 5.94. The van der Waals surface area contributed by atoms with E-state index in [1.807, 2.05) is 45.0 Å². The Morgan fingerprint density at radius 3 is 2.13 bits per heavy atom. The minimum absolute atomic E-state index is 0.0615. The molecule has 3 rings (SSSR count). The molecular formula is C30H37N3O5S. The maximum Gasteiger partial charge on any atom is 0.264 e. The van der Waals surface area contributed by atoms with Gasteiger partial charge in [-0.15, -0.1) is 0 Å². The molecule has 3 aromatic rings. The van der Waals surface area contributed by atoms with Gasteiger partial charge in [0.2, 0.25) is 11.8 Å². The van der Waals surface area contributed by atoms with Crippen LogP contribution in [0.2, 0.25) is 0 Å². The van der Waals surface area contributed by atoms with Crippen LogP contribution < -0.4 is 14.4 Å². The van der Waals surface area contributed by atoms with E-state index in [0.29, 0.717) is 24.4 Å². The smallest absolute Gasteiger partial charge is 0.264 e. The Kier molecular flexibility index (Phi) is 10.5. The number of ether oxygens (including phenoxy) is 1. The molecule has 0 aliphatic heterocycles. The lowest BCUT2D eigenvalue weighted by atomic mass is 10.1. The van der Waals surface area contributed by atoms with E-state index in [-0.39, 0.29) is 17.3 Å². The molecular weight excluding hydrogens is 514 g/mol. The molecule has 0 saturated heterocycles. The normalized spacial score (nSPS) is 11.9. The average Bonchev–Trinajstić information content (AvgIpc) is 2.96. The third-order valence-electron chi connectivity index (χ3n) is 6.38. The monoisotopic (exact) mass is 551 g/mol. The lowest BCUT2D eigenvalue weighted by molar-refractivity contribution is -0.140. The fourth-order valence-electron chi connectivity index (χ4n) is 4.17. The molecule has 208 valence electrons. The number of methoxy groups -OCH3 is 1. The van der Waals surface area contributed by atoms with Gasteiger partial charge in [0, 0.05) is 13.1 Å². The highest BCUT2D eigenvalue weighted by molar-refractivity contribution is 7.92. The summed E-state index contributed by atoms with van der Waals surface area (Å²) in [4.78, 5) is 28.7. The second-order valence-corrected chi connectivity index (χ2v) is 11.1. The van der Waals surface area contributed by atoms with Crippen molar-refractivity contribution >= 4 is 27.5 Å². The molecule has 3 aromatic carbocycles. The van der Waals surface area contributed by atoms with Crippen molar-refractivity contribution in [3.05, 3.63) is 90.0 Å². The van der Waals surface area contributed by atoms with Crippen LogP contribution in [-0.2, 0) is 26.2 Å². The van der Waals surface area contributed by atoms with E-state index in [9.17, 15) is 18.0 Å². The Morgan fingerprint density at radius 2 is 1.56 bits per heavy atom. The summed E-state index contributed by atoms with van der Waals surface area (Å²) in [5.41, 5.74) is 2.23. The third-order valence-corrected chi connectivity index (χ3v) is 8.17. The number of amides is 2. The van der Waals surface area contributed by atoms with Crippen molar-refractivity contribution in [3.63, 3.8) is 0 Å². The molecule has 9 heteroatoms. The van der Waals surface area contributed by atoms with Crippen LogP contribution in [-0.4, -0.2) is 51.4 Å². The molecule has 1 N–H and O–H groups in total. The summed E-state index contributed by atoms with van der Waals surface area (Å²) in [7, 11) is -2.58. The van der Waals surface area contributed by atoms with E-state index in [4.69, 9.17) is 4.74 Å². The van der Waals surface area contributed by atoms with Crippen molar-refractivity contribution in [2.75, 3.05) is 24.5 Å². The van der Waals surface area contributed by atoms with Gasteiger partial charge in [-0.1, -0.05) is 61.9 Å². The second-order valence-electron chi connectivity index (χ2n) is 9.25. The SMILES string of the molecule is CCCNC(=O)C(CC)N(Cc1ccc(C)cc1)C(=O)CN(c1ccc(OC)cc1)S(=O)(=O)c1ccccc1. The minimum Gasteiger partial charge on any atom is -0.497 e. The van der Waals surface area contributed by atoms with Gasteiger partial charge in [0.25, 0.3) is 10.0 Å². The molecule has 1 unspecified atom stereocenters. The number of aryl methyl sites for hydroxylation is 1. The zero-order chi connectivity index (χ0) is 28.4. The van der Waals surface area contributed by atoms with E-state index < -0.39 is 28.5 Å². The van der Waals surface area contributed by atoms with Crippen molar-refractivity contribution < 1.29 is 22.7 Å². The summed E-state index contributed by atoms with van der Waals surface area (Å²) in [6.07, 6.45) is 1.13. The van der Waals surface area contributed by atoms with Gasteiger partial charge in [-0.2, -0.15) is 0 Å². The van der Waals surface area contributed by atoms with Crippen molar-refractivity contribution in [1.29, 1.82) is 0 Å². The van der Waals surface area contributed by atoms with E-state index in [1.165, 1.54) is 24.1 Å². The summed E-state index contributed by atoms with van der Waals surface area (Å²) in [5, 5.41) is 2.89. The zero-order valence-electron chi connectivity index (χ0n) is 23.0. The first-order valence-corrected chi connectivity index (χ1v) is 14.5. The molecule has 0 saturated carbocycles. The van der Waals surface area contributed by atoms with Gasteiger partial charge in [-0.25, -0.2) is 8.42 Å². The number of rotatable bonds is 13. The Hall–Kier alpha value is -3.85. The van der Waals surface area contributed by atoms with Crippen LogP contribution in [0.5, 0.6) is 5.75 Å². The lowest BCUT2D eigenvalue weighted by Gasteiger charge is -2.33. The highest BCUT2D eigenvalue weighted by atomic mass is 32.2. The van der Waals surface area contributed by atoms with Crippen molar-refractivity contribution in [3.8, 4) is 5.75 Å². The molecule has 0 heterocycles. The molecule has 0 radical (unpaired) electrons. The number of benzene rings is 3. The van der Waals surface area contributed by atoms with Gasteiger partial charge in [0.05, 0.1) is 17.7 Å². The van der Waals surface area contributed by atoms with Crippen molar-refractivity contribution in [2.24, 2.45) is 0 Å². The van der Waals surface area contributed by atoms with Crippen LogP contribution in [0.3, 0.4) is 0 Å². The molecule has 39 heavy (non-hydrogen) atoms. The maximum absolute atomic E-state index is 14.0. The topological polar surface area (TPSA) is 96.0 Å². The molecule has 0 aliphatic carbocycles. The third kappa shape index (κ3) is 7.60. The first-order valence-electron chi connectivity index (χ1n) is 13.1. The molecule has 0 aliphatic rings. The lowest BCUT2D eigenvalue weighted by Crippen LogP contribution is -2.52. The quantitative estimate of drug-likeness (QED) is 0.337. The molecule has 0 bridgehead atoms. The molecule has 1 atom stereocenters. The van der Waals surface area contributed by atoms with Crippen LogP contribution in [0.15, 0.2) is 83.8 Å². The number of nitrogens with zero attached hydrogens (tertiary/aromatic N) is 2. The number of anilines is 1. The first-order chi connectivity index (χ1) is 18.7. The van der Waals surface area contributed by atoms with Gasteiger partial charge in [-0.05, 0) is 61.7 Å².